The van der Waals surface area contributed by atoms with Gasteiger partial charge in [-0.2, -0.15) is 0 Å². The lowest BCUT2D eigenvalue weighted by atomic mass is 10.1. The Morgan fingerprint density at radius 3 is 2.93 bits per heavy atom. The van der Waals surface area contributed by atoms with E-state index in [9.17, 15) is 9.59 Å². The topological polar surface area (TPSA) is 81.4 Å². The molecule has 1 aromatic carbocycles. The first kappa shape index (κ1) is 18.5. The van der Waals surface area contributed by atoms with Crippen LogP contribution in [0.3, 0.4) is 0 Å². The van der Waals surface area contributed by atoms with Crippen molar-refractivity contribution in [2.24, 2.45) is 0 Å². The number of halogens is 1. The van der Waals surface area contributed by atoms with E-state index < -0.39 is 6.10 Å². The number of rotatable bonds is 5. The van der Waals surface area contributed by atoms with Gasteiger partial charge in [0.2, 0.25) is 0 Å². The second-order valence-electron chi connectivity index (χ2n) is 6.78. The van der Waals surface area contributed by atoms with Crippen LogP contribution in [0, 0.1) is 0 Å². The number of hydrogen-bond donors (Lipinski definition) is 1. The number of carbonyl (C=O) groups excluding carboxylic acids is 1. The summed E-state index contributed by atoms with van der Waals surface area (Å²) in [6, 6.07) is 8.82. The summed E-state index contributed by atoms with van der Waals surface area (Å²) in [5.74, 6) is 0.00738. The molecule has 1 aliphatic rings. The van der Waals surface area contributed by atoms with Gasteiger partial charge in [-0.05, 0) is 49.9 Å². The molecule has 6 nitrogen and oxygen atoms in total. The van der Waals surface area contributed by atoms with Crippen LogP contribution in [0.15, 0.2) is 45.7 Å². The maximum atomic E-state index is 12.3. The molecule has 2 aromatic heterocycles. The average Bonchev–Trinajstić information content (AvgIpc) is 3.19. The van der Waals surface area contributed by atoms with E-state index in [2.05, 4.69) is 10.3 Å². The Bertz CT molecular complexity index is 1090. The SMILES string of the molecule is C[C@H](Oc1cc2oc(=O)c3c(c2cc1Cl)CCC3)C(=O)NCc1ccccn1. The zero-order valence-corrected chi connectivity index (χ0v) is 16.1. The number of fused-ring (bicyclic) bond motifs is 3. The van der Waals surface area contributed by atoms with Gasteiger partial charge in [0.15, 0.2) is 6.10 Å². The zero-order valence-electron chi connectivity index (χ0n) is 15.3. The number of nitrogens with one attached hydrogen (secondary N) is 1. The van der Waals surface area contributed by atoms with E-state index >= 15 is 0 Å². The van der Waals surface area contributed by atoms with E-state index in [0.29, 0.717) is 22.9 Å². The van der Waals surface area contributed by atoms with Gasteiger partial charge in [0.25, 0.3) is 5.91 Å². The number of aromatic nitrogens is 1. The number of aryl methyl sites for hydroxylation is 1. The number of nitrogens with zero attached hydrogens (tertiary/aromatic N) is 1. The van der Waals surface area contributed by atoms with E-state index in [4.69, 9.17) is 20.8 Å². The molecule has 0 unspecified atom stereocenters. The molecule has 0 bridgehead atoms. The first-order valence-corrected chi connectivity index (χ1v) is 9.53. The Morgan fingerprint density at radius 2 is 2.14 bits per heavy atom. The fraction of sp³-hybridized carbons (Fsp3) is 0.286. The molecule has 0 radical (unpaired) electrons. The van der Waals surface area contributed by atoms with Crippen LogP contribution in [0.1, 0.15) is 30.2 Å². The minimum Gasteiger partial charge on any atom is -0.479 e. The van der Waals surface area contributed by atoms with Gasteiger partial charge in [-0.25, -0.2) is 4.79 Å². The van der Waals surface area contributed by atoms with Crippen molar-refractivity contribution >= 4 is 28.5 Å². The molecule has 1 N–H and O–H groups in total. The molecule has 4 rings (SSSR count). The van der Waals surface area contributed by atoms with E-state index in [-0.39, 0.29) is 11.5 Å². The summed E-state index contributed by atoms with van der Waals surface area (Å²) in [6.07, 6.45) is 3.39. The predicted octanol–water partition coefficient (Wildman–Crippen LogP) is 3.41. The van der Waals surface area contributed by atoms with Gasteiger partial charge < -0.3 is 14.5 Å². The van der Waals surface area contributed by atoms with Crippen LogP contribution in [0.2, 0.25) is 5.02 Å². The highest BCUT2D eigenvalue weighted by Gasteiger charge is 2.22. The van der Waals surface area contributed by atoms with Gasteiger partial charge >= 0.3 is 5.63 Å². The number of hydrogen-bond acceptors (Lipinski definition) is 5. The summed E-state index contributed by atoms with van der Waals surface area (Å²) in [4.78, 5) is 28.6. The highest BCUT2D eigenvalue weighted by Crippen LogP contribution is 2.35. The summed E-state index contributed by atoms with van der Waals surface area (Å²) in [5, 5.41) is 3.98. The third-order valence-corrected chi connectivity index (χ3v) is 5.16. The van der Waals surface area contributed by atoms with Crippen LogP contribution in [0.5, 0.6) is 5.75 Å². The summed E-state index contributed by atoms with van der Waals surface area (Å²) >= 11 is 6.38. The number of pyridine rings is 1. The van der Waals surface area contributed by atoms with Gasteiger partial charge in [0.05, 0.1) is 17.3 Å². The molecule has 0 spiro atoms. The molecule has 1 amide bonds. The van der Waals surface area contributed by atoms with Gasteiger partial charge in [-0.15, -0.1) is 0 Å². The second kappa shape index (κ2) is 7.64. The molecular weight excluding hydrogens is 380 g/mol. The van der Waals surface area contributed by atoms with Crippen molar-refractivity contribution in [1.82, 2.24) is 10.3 Å². The summed E-state index contributed by atoms with van der Waals surface area (Å²) < 4.78 is 11.2. The summed E-state index contributed by atoms with van der Waals surface area (Å²) in [5.41, 5.74) is 2.60. The van der Waals surface area contributed by atoms with E-state index in [1.165, 1.54) is 0 Å². The molecule has 2 heterocycles. The lowest BCUT2D eigenvalue weighted by molar-refractivity contribution is -0.127. The average molecular weight is 399 g/mol. The van der Waals surface area contributed by atoms with Crippen LogP contribution in [-0.4, -0.2) is 17.0 Å². The molecule has 1 aliphatic carbocycles. The van der Waals surface area contributed by atoms with E-state index in [0.717, 1.165) is 41.5 Å². The molecule has 144 valence electrons. The lowest BCUT2D eigenvalue weighted by Gasteiger charge is -2.16. The smallest absolute Gasteiger partial charge is 0.339 e. The van der Waals surface area contributed by atoms with Crippen LogP contribution >= 0.6 is 11.6 Å². The number of ether oxygens (including phenoxy) is 1. The quantitative estimate of drug-likeness (QED) is 0.666. The number of carbonyl (C=O) groups is 1. The zero-order chi connectivity index (χ0) is 19.7. The Hall–Kier alpha value is -2.86. The van der Waals surface area contributed by atoms with Gasteiger partial charge in [0, 0.05) is 23.2 Å². The largest absolute Gasteiger partial charge is 0.479 e. The molecule has 0 saturated heterocycles. The van der Waals surface area contributed by atoms with Gasteiger partial charge in [0.1, 0.15) is 11.3 Å². The first-order chi connectivity index (χ1) is 13.5. The van der Waals surface area contributed by atoms with E-state index in [1.54, 1.807) is 25.3 Å². The van der Waals surface area contributed by atoms with Crippen LogP contribution in [0.25, 0.3) is 11.0 Å². The molecular formula is C21H19ClN2O4. The fourth-order valence-corrected chi connectivity index (χ4v) is 3.65. The number of benzene rings is 1. The lowest BCUT2D eigenvalue weighted by Crippen LogP contribution is -2.36. The normalized spacial score (nSPS) is 13.9. The van der Waals surface area contributed by atoms with Crippen LogP contribution in [0.4, 0.5) is 0 Å². The third-order valence-electron chi connectivity index (χ3n) is 4.87. The standard InChI is InChI=1S/C21H19ClN2O4/c1-12(20(25)24-11-13-5-2-3-8-23-13)27-19-10-18-16(9-17(19)22)14-6-4-7-15(14)21(26)28-18/h2-3,5,8-10,12H,4,6-7,11H2,1H3,(H,24,25)/t12-/m0/s1. The maximum Gasteiger partial charge on any atom is 0.339 e. The first-order valence-electron chi connectivity index (χ1n) is 9.15. The highest BCUT2D eigenvalue weighted by atomic mass is 35.5. The van der Waals surface area contributed by atoms with Crippen molar-refractivity contribution in [3.63, 3.8) is 0 Å². The molecule has 28 heavy (non-hydrogen) atoms. The molecule has 1 atom stereocenters. The van der Waals surface area contributed by atoms with Crippen molar-refractivity contribution in [2.45, 2.75) is 38.8 Å². The Kier molecular flexibility index (Phi) is 5.05. The van der Waals surface area contributed by atoms with Gasteiger partial charge in [-0.3, -0.25) is 9.78 Å². The van der Waals surface area contributed by atoms with Crippen molar-refractivity contribution in [3.05, 3.63) is 68.8 Å². The summed E-state index contributed by atoms with van der Waals surface area (Å²) in [6.45, 7) is 1.94. The number of amides is 1. The molecule has 7 heteroatoms. The Morgan fingerprint density at radius 1 is 1.32 bits per heavy atom. The molecule has 0 aliphatic heterocycles. The van der Waals surface area contributed by atoms with Crippen LogP contribution in [-0.2, 0) is 24.2 Å². The second-order valence-corrected chi connectivity index (χ2v) is 7.19. The highest BCUT2D eigenvalue weighted by molar-refractivity contribution is 6.32. The van der Waals surface area contributed by atoms with Crippen molar-refractivity contribution in [3.8, 4) is 5.75 Å². The monoisotopic (exact) mass is 398 g/mol. The van der Waals surface area contributed by atoms with Gasteiger partial charge in [-0.1, -0.05) is 17.7 Å². The molecule has 3 aromatic rings. The van der Waals surface area contributed by atoms with Crippen molar-refractivity contribution < 1.29 is 13.9 Å². The fourth-order valence-electron chi connectivity index (χ4n) is 3.44. The third kappa shape index (κ3) is 3.60. The predicted molar refractivity (Wildman–Crippen MR) is 106 cm³/mol. The molecule has 0 fully saturated rings. The van der Waals surface area contributed by atoms with Crippen LogP contribution < -0.4 is 15.7 Å². The van der Waals surface area contributed by atoms with Crippen molar-refractivity contribution in [1.29, 1.82) is 0 Å². The minimum absolute atomic E-state index is 0.294. The molecule has 0 saturated carbocycles. The van der Waals surface area contributed by atoms with Crippen molar-refractivity contribution in [2.75, 3.05) is 0 Å². The Balaban J connectivity index is 1.52. The minimum atomic E-state index is -0.778. The van der Waals surface area contributed by atoms with E-state index in [1.807, 2.05) is 18.2 Å². The maximum absolute atomic E-state index is 12.3. The summed E-state index contributed by atoms with van der Waals surface area (Å²) in [7, 11) is 0. The Labute approximate surface area is 166 Å².